The summed E-state index contributed by atoms with van der Waals surface area (Å²) in [5, 5.41) is 0. The van der Waals surface area contributed by atoms with E-state index < -0.39 is 0 Å². The molecule has 0 aromatic heterocycles. The van der Waals surface area contributed by atoms with Crippen LogP contribution in [-0.4, -0.2) is 17.2 Å². The Hall–Kier alpha value is -0.800. The smallest absolute Gasteiger partial charge is 0.112 e. The lowest BCUT2D eigenvalue weighted by Crippen LogP contribution is -2.33. The maximum absolute atomic E-state index is 3.15. The molecule has 0 amide bonds. The van der Waals surface area contributed by atoms with Crippen LogP contribution in [-0.2, 0) is 0 Å². The number of nitrogens with one attached hydrogen (secondary N) is 2. The Morgan fingerprint density at radius 3 is 3.00 bits per heavy atom. The molecule has 0 aromatic carbocycles. The second-order valence-corrected chi connectivity index (χ2v) is 2.58. The minimum absolute atomic E-state index is 0.347. The van der Waals surface area contributed by atoms with Crippen molar-refractivity contribution >= 4 is 0 Å². The van der Waals surface area contributed by atoms with Crippen molar-refractivity contribution in [3.63, 3.8) is 0 Å². The van der Waals surface area contributed by atoms with Crippen LogP contribution in [0, 0.1) is 0 Å². The van der Waals surface area contributed by atoms with E-state index in [2.05, 4.69) is 35.0 Å². The lowest BCUT2D eigenvalue weighted by molar-refractivity contribution is 0.310. The van der Waals surface area contributed by atoms with Gasteiger partial charge in [0.15, 0.2) is 0 Å². The molecule has 3 nitrogen and oxygen atoms in total. The predicted octanol–water partition coefficient (Wildman–Crippen LogP) is 0.152. The van der Waals surface area contributed by atoms with Crippen molar-refractivity contribution in [1.82, 2.24) is 15.8 Å². The van der Waals surface area contributed by atoms with Crippen LogP contribution < -0.4 is 10.9 Å². The topological polar surface area (TPSA) is 27.3 Å². The molecule has 0 radical (unpaired) electrons. The Morgan fingerprint density at radius 1 is 1.30 bits per heavy atom. The summed E-state index contributed by atoms with van der Waals surface area (Å²) in [6.45, 7) is 2.12. The first-order valence-electron chi connectivity index (χ1n) is 3.51. The van der Waals surface area contributed by atoms with Gasteiger partial charge >= 0.3 is 0 Å². The summed E-state index contributed by atoms with van der Waals surface area (Å²) in [5.74, 6) is 0. The Bertz CT molecular complexity index is 185. The molecule has 2 atom stereocenters. The van der Waals surface area contributed by atoms with Gasteiger partial charge in [0.2, 0.25) is 0 Å². The molecule has 2 heterocycles. The molecule has 1 saturated heterocycles. The second-order valence-electron chi connectivity index (χ2n) is 2.58. The van der Waals surface area contributed by atoms with Gasteiger partial charge in [0.05, 0.1) is 6.17 Å². The Labute approximate surface area is 60.4 Å². The summed E-state index contributed by atoms with van der Waals surface area (Å²) in [7, 11) is 0. The van der Waals surface area contributed by atoms with Gasteiger partial charge in [0, 0.05) is 6.20 Å². The van der Waals surface area contributed by atoms with Gasteiger partial charge < -0.3 is 4.90 Å². The van der Waals surface area contributed by atoms with E-state index in [4.69, 9.17) is 0 Å². The monoisotopic (exact) mass is 137 g/mol. The zero-order valence-corrected chi connectivity index (χ0v) is 5.91. The number of hydrogen-bond acceptors (Lipinski definition) is 3. The van der Waals surface area contributed by atoms with E-state index in [1.807, 2.05) is 12.2 Å². The summed E-state index contributed by atoms with van der Waals surface area (Å²) in [6.07, 6.45) is 9.04. The molecule has 2 N–H and O–H groups in total. The van der Waals surface area contributed by atoms with Gasteiger partial charge in [0.1, 0.15) is 6.17 Å². The highest BCUT2D eigenvalue weighted by Crippen LogP contribution is 2.12. The molecular formula is C7H11N3. The van der Waals surface area contributed by atoms with E-state index >= 15 is 0 Å². The molecule has 1 fully saturated rings. The Kier molecular flexibility index (Phi) is 1.25. The molecule has 2 unspecified atom stereocenters. The summed E-state index contributed by atoms with van der Waals surface area (Å²) in [5.41, 5.74) is 6.28. The maximum Gasteiger partial charge on any atom is 0.112 e. The molecule has 0 bridgehead atoms. The first kappa shape index (κ1) is 5.95. The van der Waals surface area contributed by atoms with Crippen molar-refractivity contribution in [2.75, 3.05) is 0 Å². The van der Waals surface area contributed by atoms with Crippen LogP contribution in [0.5, 0.6) is 0 Å². The van der Waals surface area contributed by atoms with Crippen LogP contribution in [0.15, 0.2) is 24.4 Å². The van der Waals surface area contributed by atoms with Crippen molar-refractivity contribution in [2.45, 2.75) is 19.3 Å². The molecule has 0 aliphatic carbocycles. The minimum Gasteiger partial charge on any atom is -0.341 e. The van der Waals surface area contributed by atoms with Gasteiger partial charge in [-0.05, 0) is 19.1 Å². The molecule has 2 aliphatic rings. The second kappa shape index (κ2) is 2.11. The normalized spacial score (nSPS) is 36.7. The SMILES string of the molecule is CC1NNC2C=CC=CN12. The fourth-order valence-electron chi connectivity index (χ4n) is 1.28. The lowest BCUT2D eigenvalue weighted by Gasteiger charge is -2.23. The van der Waals surface area contributed by atoms with Gasteiger partial charge in [-0.15, -0.1) is 0 Å². The van der Waals surface area contributed by atoms with E-state index in [1.165, 1.54) is 0 Å². The zero-order chi connectivity index (χ0) is 6.97. The van der Waals surface area contributed by atoms with Crippen molar-refractivity contribution in [3.05, 3.63) is 24.4 Å². The first-order chi connectivity index (χ1) is 4.88. The number of hydrazine groups is 1. The third-order valence-corrected chi connectivity index (χ3v) is 1.87. The van der Waals surface area contributed by atoms with Crippen molar-refractivity contribution < 1.29 is 0 Å². The molecule has 10 heavy (non-hydrogen) atoms. The fourth-order valence-corrected chi connectivity index (χ4v) is 1.28. The first-order valence-corrected chi connectivity index (χ1v) is 3.51. The van der Waals surface area contributed by atoms with Gasteiger partial charge in [-0.1, -0.05) is 6.08 Å². The molecule has 0 spiro atoms. The van der Waals surface area contributed by atoms with Crippen LogP contribution in [0.2, 0.25) is 0 Å². The third kappa shape index (κ3) is 0.751. The molecule has 54 valence electrons. The number of rotatable bonds is 0. The van der Waals surface area contributed by atoms with E-state index in [1.54, 1.807) is 0 Å². The third-order valence-electron chi connectivity index (χ3n) is 1.87. The largest absolute Gasteiger partial charge is 0.341 e. The van der Waals surface area contributed by atoms with Crippen molar-refractivity contribution in [1.29, 1.82) is 0 Å². The molecule has 2 aliphatic heterocycles. The number of nitrogens with zero attached hydrogens (tertiary/aromatic N) is 1. The number of hydrogen-bond donors (Lipinski definition) is 2. The fraction of sp³-hybridized carbons (Fsp3) is 0.429. The van der Waals surface area contributed by atoms with Crippen LogP contribution in [0.1, 0.15) is 6.92 Å². The Morgan fingerprint density at radius 2 is 2.20 bits per heavy atom. The van der Waals surface area contributed by atoms with Crippen molar-refractivity contribution in [3.8, 4) is 0 Å². The summed E-state index contributed by atoms with van der Waals surface area (Å²) >= 11 is 0. The van der Waals surface area contributed by atoms with Gasteiger partial charge in [0.25, 0.3) is 0 Å². The van der Waals surface area contributed by atoms with Crippen LogP contribution in [0.25, 0.3) is 0 Å². The summed E-state index contributed by atoms with van der Waals surface area (Å²) < 4.78 is 0. The highest BCUT2D eigenvalue weighted by atomic mass is 15.6. The Balaban J connectivity index is 2.19. The van der Waals surface area contributed by atoms with E-state index in [0.717, 1.165) is 0 Å². The molecule has 0 saturated carbocycles. The zero-order valence-electron chi connectivity index (χ0n) is 5.91. The highest BCUT2D eigenvalue weighted by Gasteiger charge is 2.25. The molecule has 2 rings (SSSR count). The molecular weight excluding hydrogens is 126 g/mol. The van der Waals surface area contributed by atoms with Crippen LogP contribution in [0.3, 0.4) is 0 Å². The van der Waals surface area contributed by atoms with Gasteiger partial charge in [-0.3, -0.25) is 0 Å². The van der Waals surface area contributed by atoms with Crippen LogP contribution in [0.4, 0.5) is 0 Å². The quantitative estimate of drug-likeness (QED) is 0.497. The average Bonchev–Trinajstić information content (AvgIpc) is 2.34. The highest BCUT2D eigenvalue weighted by molar-refractivity contribution is 5.14. The van der Waals surface area contributed by atoms with Crippen molar-refractivity contribution in [2.24, 2.45) is 0 Å². The average molecular weight is 137 g/mol. The number of allylic oxidation sites excluding steroid dienone is 2. The molecule has 3 heteroatoms. The van der Waals surface area contributed by atoms with Gasteiger partial charge in [-0.25, -0.2) is 10.9 Å². The standard InChI is InChI=1S/C7H11N3/c1-6-8-9-7-4-2-3-5-10(6)7/h2-9H,1H3. The summed E-state index contributed by atoms with van der Waals surface area (Å²) in [4.78, 5) is 2.22. The minimum atomic E-state index is 0.347. The van der Waals surface area contributed by atoms with E-state index in [-0.39, 0.29) is 0 Å². The van der Waals surface area contributed by atoms with E-state index in [9.17, 15) is 0 Å². The van der Waals surface area contributed by atoms with Crippen LogP contribution >= 0.6 is 0 Å². The van der Waals surface area contributed by atoms with E-state index in [0.29, 0.717) is 12.3 Å². The predicted molar refractivity (Wildman–Crippen MR) is 39.6 cm³/mol. The number of fused-ring (bicyclic) bond motifs is 1. The van der Waals surface area contributed by atoms with Gasteiger partial charge in [-0.2, -0.15) is 0 Å². The lowest BCUT2D eigenvalue weighted by atomic mass is 10.3. The summed E-state index contributed by atoms with van der Waals surface area (Å²) in [6, 6.07) is 0. The maximum atomic E-state index is 3.15. The molecule has 0 aromatic rings.